The highest BCUT2D eigenvalue weighted by Crippen LogP contribution is 2.42. The summed E-state index contributed by atoms with van der Waals surface area (Å²) in [6.45, 7) is 0.213. The minimum atomic E-state index is -0.543. The Labute approximate surface area is 151 Å². The standard InChI is InChI=1S/C17H22N6O3/c1-18-16(24)22(2)17(8-4-3-5-9-17)15-19-20-21-23(15)12-6-7-13-14(10-12)26-11-25-13/h6-7,10H,3-5,8-9,11H2,1-2H3,(H,18,24). The van der Waals surface area contributed by atoms with Crippen LogP contribution in [0.2, 0.25) is 0 Å². The number of aromatic nitrogens is 4. The summed E-state index contributed by atoms with van der Waals surface area (Å²) in [6.07, 6.45) is 4.84. The lowest BCUT2D eigenvalue weighted by Gasteiger charge is -2.43. The molecule has 0 radical (unpaired) electrons. The molecule has 0 spiro atoms. The Hall–Kier alpha value is -2.84. The van der Waals surface area contributed by atoms with Crippen LogP contribution in [-0.2, 0) is 5.54 Å². The first-order valence-electron chi connectivity index (χ1n) is 8.80. The van der Waals surface area contributed by atoms with Crippen LogP contribution >= 0.6 is 0 Å². The van der Waals surface area contributed by atoms with Crippen molar-refractivity contribution in [3.8, 4) is 17.2 Å². The summed E-state index contributed by atoms with van der Waals surface area (Å²) in [5.74, 6) is 2.04. The fourth-order valence-electron chi connectivity index (χ4n) is 3.88. The molecule has 2 heterocycles. The summed E-state index contributed by atoms with van der Waals surface area (Å²) in [5, 5.41) is 15.2. The Bertz CT molecular complexity index is 815. The van der Waals surface area contributed by atoms with Gasteiger partial charge >= 0.3 is 6.03 Å². The van der Waals surface area contributed by atoms with Crippen LogP contribution in [0, 0.1) is 0 Å². The number of ether oxygens (including phenoxy) is 2. The first-order valence-corrected chi connectivity index (χ1v) is 8.80. The van der Waals surface area contributed by atoms with E-state index in [1.165, 1.54) is 0 Å². The molecule has 1 aromatic heterocycles. The molecule has 9 heteroatoms. The summed E-state index contributed by atoms with van der Waals surface area (Å²) in [7, 11) is 3.44. The number of rotatable bonds is 3. The maximum atomic E-state index is 12.4. The number of hydrogen-bond donors (Lipinski definition) is 1. The highest BCUT2D eigenvalue weighted by atomic mass is 16.7. The fourth-order valence-corrected chi connectivity index (χ4v) is 3.88. The number of tetrazole rings is 1. The van der Waals surface area contributed by atoms with Gasteiger partial charge in [0.25, 0.3) is 0 Å². The third-order valence-corrected chi connectivity index (χ3v) is 5.33. The Morgan fingerprint density at radius 1 is 1.23 bits per heavy atom. The van der Waals surface area contributed by atoms with Crippen molar-refractivity contribution in [2.24, 2.45) is 0 Å². The molecule has 0 saturated heterocycles. The van der Waals surface area contributed by atoms with Gasteiger partial charge in [0.1, 0.15) is 5.54 Å². The van der Waals surface area contributed by atoms with Crippen LogP contribution in [0.4, 0.5) is 4.79 Å². The van der Waals surface area contributed by atoms with Gasteiger partial charge in [-0.1, -0.05) is 19.3 Å². The quantitative estimate of drug-likeness (QED) is 0.899. The number of benzene rings is 1. The first kappa shape index (κ1) is 16.6. The number of fused-ring (bicyclic) bond motifs is 1. The van der Waals surface area contributed by atoms with Gasteiger partial charge in [0.05, 0.1) is 5.69 Å². The molecule has 1 N–H and O–H groups in total. The van der Waals surface area contributed by atoms with Crippen molar-refractivity contribution in [3.05, 3.63) is 24.0 Å². The van der Waals surface area contributed by atoms with Crippen molar-refractivity contribution in [2.45, 2.75) is 37.6 Å². The lowest BCUT2D eigenvalue weighted by atomic mass is 9.79. The summed E-state index contributed by atoms with van der Waals surface area (Å²) in [5.41, 5.74) is 0.239. The Morgan fingerprint density at radius 3 is 2.77 bits per heavy atom. The summed E-state index contributed by atoms with van der Waals surface area (Å²) < 4.78 is 12.6. The smallest absolute Gasteiger partial charge is 0.317 e. The number of hydrogen-bond acceptors (Lipinski definition) is 6. The third kappa shape index (κ3) is 2.54. The van der Waals surface area contributed by atoms with Gasteiger partial charge in [-0.15, -0.1) is 5.10 Å². The molecule has 2 aromatic rings. The minimum Gasteiger partial charge on any atom is -0.454 e. The van der Waals surface area contributed by atoms with Crippen molar-refractivity contribution in [3.63, 3.8) is 0 Å². The second kappa shape index (κ2) is 6.47. The third-order valence-electron chi connectivity index (χ3n) is 5.33. The molecule has 1 aromatic carbocycles. The molecule has 0 atom stereocenters. The number of carbonyl (C=O) groups is 1. The molecule has 1 saturated carbocycles. The maximum Gasteiger partial charge on any atom is 0.317 e. The van der Waals surface area contributed by atoms with E-state index in [4.69, 9.17) is 9.47 Å². The van der Waals surface area contributed by atoms with Gasteiger partial charge in [-0.2, -0.15) is 4.68 Å². The van der Waals surface area contributed by atoms with E-state index >= 15 is 0 Å². The molecule has 4 rings (SSSR count). The van der Waals surface area contributed by atoms with Crippen molar-refractivity contribution >= 4 is 6.03 Å². The van der Waals surface area contributed by atoms with Crippen LogP contribution in [-0.4, -0.2) is 52.0 Å². The van der Waals surface area contributed by atoms with E-state index in [0.717, 1.165) is 37.8 Å². The Kier molecular flexibility index (Phi) is 4.14. The Balaban J connectivity index is 1.79. The van der Waals surface area contributed by atoms with E-state index < -0.39 is 5.54 Å². The second-order valence-corrected chi connectivity index (χ2v) is 6.66. The molecule has 0 bridgehead atoms. The van der Waals surface area contributed by atoms with Crippen LogP contribution in [0.1, 0.15) is 37.9 Å². The van der Waals surface area contributed by atoms with Gasteiger partial charge in [0.2, 0.25) is 6.79 Å². The molecule has 1 fully saturated rings. The number of nitrogens with one attached hydrogen (secondary N) is 1. The van der Waals surface area contributed by atoms with E-state index in [2.05, 4.69) is 20.8 Å². The summed E-state index contributed by atoms with van der Waals surface area (Å²) >= 11 is 0. The normalized spacial score (nSPS) is 17.8. The number of urea groups is 1. The molecular formula is C17H22N6O3. The Morgan fingerprint density at radius 2 is 2.00 bits per heavy atom. The monoisotopic (exact) mass is 358 g/mol. The maximum absolute atomic E-state index is 12.4. The average molecular weight is 358 g/mol. The van der Waals surface area contributed by atoms with Crippen LogP contribution < -0.4 is 14.8 Å². The van der Waals surface area contributed by atoms with Crippen molar-refractivity contribution in [1.29, 1.82) is 0 Å². The van der Waals surface area contributed by atoms with Gasteiger partial charge < -0.3 is 19.7 Å². The van der Waals surface area contributed by atoms with Crippen LogP contribution in [0.5, 0.6) is 11.5 Å². The molecule has 9 nitrogen and oxygen atoms in total. The largest absolute Gasteiger partial charge is 0.454 e. The van der Waals surface area contributed by atoms with E-state index in [-0.39, 0.29) is 12.8 Å². The highest BCUT2D eigenvalue weighted by molar-refractivity contribution is 5.74. The van der Waals surface area contributed by atoms with Crippen LogP contribution in [0.3, 0.4) is 0 Å². The van der Waals surface area contributed by atoms with Gasteiger partial charge in [-0.05, 0) is 35.4 Å². The zero-order valence-electron chi connectivity index (χ0n) is 14.9. The molecule has 1 aliphatic carbocycles. The summed E-state index contributed by atoms with van der Waals surface area (Å²) in [4.78, 5) is 14.2. The van der Waals surface area contributed by atoms with E-state index in [0.29, 0.717) is 17.3 Å². The molecule has 0 unspecified atom stereocenters. The molecule has 2 aliphatic rings. The van der Waals surface area contributed by atoms with Crippen molar-refractivity contribution in [2.75, 3.05) is 20.9 Å². The summed E-state index contributed by atoms with van der Waals surface area (Å²) in [6, 6.07) is 5.45. The first-order chi connectivity index (χ1) is 12.7. The molecule has 26 heavy (non-hydrogen) atoms. The predicted molar refractivity (Wildman–Crippen MR) is 92.3 cm³/mol. The number of carbonyl (C=O) groups excluding carboxylic acids is 1. The molecule has 2 amide bonds. The minimum absolute atomic E-state index is 0.146. The SMILES string of the molecule is CNC(=O)N(C)C1(c2nnnn2-c2ccc3c(c2)OCO3)CCCCC1. The number of nitrogens with zero attached hydrogens (tertiary/aromatic N) is 5. The molecule has 138 valence electrons. The van der Waals surface area contributed by atoms with E-state index in [1.807, 2.05) is 25.2 Å². The van der Waals surface area contributed by atoms with Gasteiger partial charge in [0.15, 0.2) is 17.3 Å². The second-order valence-electron chi connectivity index (χ2n) is 6.66. The predicted octanol–water partition coefficient (Wildman–Crippen LogP) is 1.82. The average Bonchev–Trinajstić information content (AvgIpc) is 3.36. The van der Waals surface area contributed by atoms with Gasteiger partial charge in [-0.3, -0.25) is 0 Å². The lowest BCUT2D eigenvalue weighted by Crippen LogP contribution is -2.52. The van der Waals surface area contributed by atoms with Crippen molar-refractivity contribution < 1.29 is 14.3 Å². The van der Waals surface area contributed by atoms with E-state index in [1.54, 1.807) is 16.6 Å². The fraction of sp³-hybridized carbons (Fsp3) is 0.529. The van der Waals surface area contributed by atoms with Crippen LogP contribution in [0.15, 0.2) is 18.2 Å². The highest BCUT2D eigenvalue weighted by Gasteiger charge is 2.44. The van der Waals surface area contributed by atoms with E-state index in [9.17, 15) is 4.79 Å². The molecule has 1 aliphatic heterocycles. The lowest BCUT2D eigenvalue weighted by molar-refractivity contribution is 0.0873. The van der Waals surface area contributed by atoms with Gasteiger partial charge in [0, 0.05) is 20.2 Å². The topological polar surface area (TPSA) is 94.4 Å². The zero-order valence-corrected chi connectivity index (χ0v) is 14.9. The van der Waals surface area contributed by atoms with Crippen LogP contribution in [0.25, 0.3) is 5.69 Å². The van der Waals surface area contributed by atoms with Gasteiger partial charge in [-0.25, -0.2) is 4.79 Å². The molecular weight excluding hydrogens is 336 g/mol. The van der Waals surface area contributed by atoms with Crippen molar-refractivity contribution in [1.82, 2.24) is 30.4 Å². The number of amides is 2. The zero-order chi connectivity index (χ0) is 18.1.